The molecule has 2 unspecified atom stereocenters. The number of benzene rings is 1. The molecule has 1 saturated carbocycles. The van der Waals surface area contributed by atoms with Gasteiger partial charge in [0.15, 0.2) is 0 Å². The molecule has 2 atom stereocenters. The van der Waals surface area contributed by atoms with Crippen LogP contribution in [0.5, 0.6) is 0 Å². The molecule has 0 aromatic heterocycles. The minimum atomic E-state index is 0.716. The molecule has 1 aliphatic rings. The Morgan fingerprint density at radius 2 is 2.08 bits per heavy atom. The second kappa shape index (κ2) is 3.34. The van der Waals surface area contributed by atoms with Gasteiger partial charge in [-0.25, -0.2) is 0 Å². The fraction of sp³-hybridized carbons (Fsp3) is 0.500. The maximum Gasteiger partial charge on any atom is 0.0443 e. The third-order valence-corrected chi connectivity index (χ3v) is 3.59. The van der Waals surface area contributed by atoms with E-state index in [9.17, 15) is 0 Å². The lowest BCUT2D eigenvalue weighted by Gasteiger charge is -2.35. The molecule has 1 heteroatoms. The summed E-state index contributed by atoms with van der Waals surface area (Å²) in [7, 11) is 0. The fourth-order valence-electron chi connectivity index (χ4n) is 2.21. The Morgan fingerprint density at radius 1 is 1.31 bits per heavy atom. The first-order valence-electron chi connectivity index (χ1n) is 4.95. The van der Waals surface area contributed by atoms with Gasteiger partial charge in [-0.05, 0) is 48.8 Å². The smallest absolute Gasteiger partial charge is 0.0443 e. The van der Waals surface area contributed by atoms with Crippen molar-refractivity contribution in [3.8, 4) is 0 Å². The quantitative estimate of drug-likeness (QED) is 0.630. The third kappa shape index (κ3) is 1.48. The number of rotatable bonds is 1. The lowest BCUT2D eigenvalue weighted by molar-refractivity contribution is 0.279. The Hall–Kier alpha value is -0.490. The number of hydrogen-bond donors (Lipinski definition) is 0. The monoisotopic (exact) mass is 194 g/mol. The van der Waals surface area contributed by atoms with Crippen molar-refractivity contribution in [1.82, 2.24) is 0 Å². The van der Waals surface area contributed by atoms with E-state index in [1.807, 2.05) is 12.1 Å². The minimum absolute atomic E-state index is 0.716. The maximum atomic E-state index is 6.20. The Balaban J connectivity index is 2.38. The van der Waals surface area contributed by atoms with E-state index in [1.165, 1.54) is 24.0 Å². The predicted octanol–water partition coefficient (Wildman–Crippen LogP) is 4.16. The highest BCUT2D eigenvalue weighted by atomic mass is 35.5. The molecule has 0 aliphatic heterocycles. The van der Waals surface area contributed by atoms with Crippen LogP contribution in [0.15, 0.2) is 18.2 Å². The Labute approximate surface area is 84.9 Å². The van der Waals surface area contributed by atoms with E-state index in [0.717, 1.165) is 10.9 Å². The van der Waals surface area contributed by atoms with Crippen molar-refractivity contribution in [1.29, 1.82) is 0 Å². The number of hydrogen-bond acceptors (Lipinski definition) is 0. The van der Waals surface area contributed by atoms with Crippen molar-refractivity contribution in [3.05, 3.63) is 34.3 Å². The molecule has 1 fully saturated rings. The highest BCUT2D eigenvalue weighted by molar-refractivity contribution is 6.31. The molecule has 0 heterocycles. The molecule has 2 rings (SSSR count). The van der Waals surface area contributed by atoms with E-state index in [2.05, 4.69) is 19.9 Å². The van der Waals surface area contributed by atoms with Crippen LogP contribution in [0.3, 0.4) is 0 Å². The second-order valence-corrected chi connectivity index (χ2v) is 4.54. The lowest BCUT2D eigenvalue weighted by atomic mass is 9.70. The van der Waals surface area contributed by atoms with Gasteiger partial charge < -0.3 is 0 Å². The Morgan fingerprint density at radius 3 is 2.54 bits per heavy atom. The normalized spacial score (nSPS) is 27.0. The van der Waals surface area contributed by atoms with E-state index in [-0.39, 0.29) is 0 Å². The zero-order chi connectivity index (χ0) is 9.42. The van der Waals surface area contributed by atoms with Gasteiger partial charge in [0.05, 0.1) is 0 Å². The Bertz CT molecular complexity index is 297. The highest BCUT2D eigenvalue weighted by Gasteiger charge is 2.30. The minimum Gasteiger partial charge on any atom is -0.0840 e. The van der Waals surface area contributed by atoms with Crippen LogP contribution in [0, 0.1) is 12.8 Å². The van der Waals surface area contributed by atoms with Crippen LogP contribution in [0.25, 0.3) is 0 Å². The van der Waals surface area contributed by atoms with Gasteiger partial charge in [0.25, 0.3) is 0 Å². The average molecular weight is 195 g/mol. The Kier molecular flexibility index (Phi) is 2.33. The summed E-state index contributed by atoms with van der Waals surface area (Å²) in [6, 6.07) is 6.20. The van der Waals surface area contributed by atoms with Crippen LogP contribution in [0.4, 0.5) is 0 Å². The molecule has 0 spiro atoms. The molecule has 0 N–H and O–H groups in total. The van der Waals surface area contributed by atoms with E-state index >= 15 is 0 Å². The van der Waals surface area contributed by atoms with Gasteiger partial charge in [-0.15, -0.1) is 0 Å². The van der Waals surface area contributed by atoms with Gasteiger partial charge >= 0.3 is 0 Å². The number of halogens is 1. The summed E-state index contributed by atoms with van der Waals surface area (Å²) in [6.45, 7) is 4.48. The SMILES string of the molecule is Cc1cccc(Cl)c1C1CCC1C. The molecule has 13 heavy (non-hydrogen) atoms. The van der Waals surface area contributed by atoms with Crippen molar-refractivity contribution in [2.75, 3.05) is 0 Å². The standard InChI is InChI=1S/C12H15Cl/c1-8-6-7-10(8)12-9(2)4-3-5-11(12)13/h3-5,8,10H,6-7H2,1-2H3. The predicted molar refractivity (Wildman–Crippen MR) is 57.3 cm³/mol. The first-order valence-corrected chi connectivity index (χ1v) is 5.33. The van der Waals surface area contributed by atoms with Crippen LogP contribution >= 0.6 is 11.6 Å². The molecule has 0 amide bonds. The van der Waals surface area contributed by atoms with Gasteiger partial charge in [-0.2, -0.15) is 0 Å². The average Bonchev–Trinajstić information content (AvgIpc) is 2.09. The van der Waals surface area contributed by atoms with Crippen LogP contribution < -0.4 is 0 Å². The van der Waals surface area contributed by atoms with E-state index < -0.39 is 0 Å². The summed E-state index contributed by atoms with van der Waals surface area (Å²) < 4.78 is 0. The topological polar surface area (TPSA) is 0 Å². The molecule has 0 saturated heterocycles. The summed E-state index contributed by atoms with van der Waals surface area (Å²) in [5.74, 6) is 1.53. The van der Waals surface area contributed by atoms with Crippen molar-refractivity contribution < 1.29 is 0 Å². The summed E-state index contributed by atoms with van der Waals surface area (Å²) in [5, 5.41) is 0.955. The molecule has 0 nitrogen and oxygen atoms in total. The zero-order valence-corrected chi connectivity index (χ0v) is 8.93. The molecular formula is C12H15Cl. The van der Waals surface area contributed by atoms with E-state index in [1.54, 1.807) is 0 Å². The van der Waals surface area contributed by atoms with Gasteiger partial charge in [0.1, 0.15) is 0 Å². The van der Waals surface area contributed by atoms with Gasteiger partial charge in [-0.3, -0.25) is 0 Å². The first-order chi connectivity index (χ1) is 6.20. The summed E-state index contributed by atoms with van der Waals surface area (Å²) in [5.41, 5.74) is 2.74. The lowest BCUT2D eigenvalue weighted by Crippen LogP contribution is -2.21. The molecule has 1 aromatic rings. The third-order valence-electron chi connectivity index (χ3n) is 3.26. The van der Waals surface area contributed by atoms with Crippen LogP contribution in [0.1, 0.15) is 36.8 Å². The highest BCUT2D eigenvalue weighted by Crippen LogP contribution is 2.45. The molecule has 70 valence electrons. The zero-order valence-electron chi connectivity index (χ0n) is 8.18. The van der Waals surface area contributed by atoms with Crippen molar-refractivity contribution >= 4 is 11.6 Å². The van der Waals surface area contributed by atoms with Crippen molar-refractivity contribution in [2.45, 2.75) is 32.6 Å². The largest absolute Gasteiger partial charge is 0.0840 e. The van der Waals surface area contributed by atoms with Crippen LogP contribution in [0.2, 0.25) is 5.02 Å². The van der Waals surface area contributed by atoms with Gasteiger partial charge in [-0.1, -0.05) is 30.7 Å². The fourth-order valence-corrected chi connectivity index (χ4v) is 2.57. The first kappa shape index (κ1) is 9.08. The molecule has 1 aliphatic carbocycles. The molecule has 0 radical (unpaired) electrons. The van der Waals surface area contributed by atoms with E-state index in [4.69, 9.17) is 11.6 Å². The summed E-state index contributed by atoms with van der Waals surface area (Å²) in [6.07, 6.45) is 2.67. The molecule has 1 aromatic carbocycles. The van der Waals surface area contributed by atoms with Gasteiger partial charge in [0, 0.05) is 5.02 Å². The summed E-state index contributed by atoms with van der Waals surface area (Å²) in [4.78, 5) is 0. The maximum absolute atomic E-state index is 6.20. The van der Waals surface area contributed by atoms with Gasteiger partial charge in [0.2, 0.25) is 0 Å². The summed E-state index contributed by atoms with van der Waals surface area (Å²) >= 11 is 6.20. The van der Waals surface area contributed by atoms with Crippen LogP contribution in [-0.2, 0) is 0 Å². The molecule has 0 bridgehead atoms. The molecular weight excluding hydrogens is 180 g/mol. The second-order valence-electron chi connectivity index (χ2n) is 4.13. The number of aryl methyl sites for hydroxylation is 1. The van der Waals surface area contributed by atoms with Crippen molar-refractivity contribution in [2.24, 2.45) is 5.92 Å². The van der Waals surface area contributed by atoms with Crippen LogP contribution in [-0.4, -0.2) is 0 Å². The van der Waals surface area contributed by atoms with E-state index in [0.29, 0.717) is 5.92 Å². The van der Waals surface area contributed by atoms with Crippen molar-refractivity contribution in [3.63, 3.8) is 0 Å².